The van der Waals surface area contributed by atoms with Gasteiger partial charge in [0.1, 0.15) is 0 Å². The summed E-state index contributed by atoms with van der Waals surface area (Å²) in [6, 6.07) is 0. The highest BCUT2D eigenvalue weighted by Crippen LogP contribution is 2.45. The minimum Gasteiger partial charge on any atom is -0.466 e. The van der Waals surface area contributed by atoms with E-state index in [9.17, 15) is 9.59 Å². The number of hydrogen-bond donors (Lipinski definition) is 0. The molecule has 2 unspecified atom stereocenters. The van der Waals surface area contributed by atoms with Gasteiger partial charge in [0.2, 0.25) is 0 Å². The number of hydrogen-bond acceptors (Lipinski definition) is 4. The average Bonchev–Trinajstić information content (AvgIpc) is 2.78. The highest BCUT2D eigenvalue weighted by molar-refractivity contribution is 5.94. The number of rotatable bonds is 4. The van der Waals surface area contributed by atoms with Gasteiger partial charge in [-0.1, -0.05) is 6.58 Å². The van der Waals surface area contributed by atoms with Crippen molar-refractivity contribution in [3.63, 3.8) is 0 Å². The van der Waals surface area contributed by atoms with Crippen molar-refractivity contribution in [2.24, 2.45) is 11.8 Å². The third-order valence-corrected chi connectivity index (χ3v) is 2.10. The second-order valence-electron chi connectivity index (χ2n) is 3.03. The van der Waals surface area contributed by atoms with Crippen LogP contribution >= 0.6 is 0 Å². The predicted molar refractivity (Wildman–Crippen MR) is 49.4 cm³/mol. The molecule has 0 aromatic heterocycles. The monoisotopic (exact) mass is 198 g/mol. The van der Waals surface area contributed by atoms with Crippen LogP contribution in [0.1, 0.15) is 13.8 Å². The first kappa shape index (κ1) is 10.8. The number of carbonyl (C=O) groups is 2. The molecule has 0 aromatic rings. The highest BCUT2D eigenvalue weighted by atomic mass is 16.5. The summed E-state index contributed by atoms with van der Waals surface area (Å²) >= 11 is 0. The van der Waals surface area contributed by atoms with Crippen LogP contribution in [0.2, 0.25) is 0 Å². The Kier molecular flexibility index (Phi) is 3.28. The van der Waals surface area contributed by atoms with E-state index in [-0.39, 0.29) is 11.9 Å². The maximum Gasteiger partial charge on any atom is 0.314 e. The van der Waals surface area contributed by atoms with Gasteiger partial charge < -0.3 is 9.47 Å². The summed E-state index contributed by atoms with van der Waals surface area (Å²) in [5, 5.41) is 0. The number of ether oxygens (including phenoxy) is 2. The normalized spacial score (nSPS) is 24.3. The van der Waals surface area contributed by atoms with Crippen molar-refractivity contribution in [2.45, 2.75) is 13.8 Å². The fourth-order valence-electron chi connectivity index (χ4n) is 1.35. The van der Waals surface area contributed by atoms with E-state index in [4.69, 9.17) is 9.47 Å². The molecule has 0 N–H and O–H groups in total. The lowest BCUT2D eigenvalue weighted by molar-refractivity contribution is -0.150. The summed E-state index contributed by atoms with van der Waals surface area (Å²) < 4.78 is 9.57. The van der Waals surface area contributed by atoms with Crippen molar-refractivity contribution < 1.29 is 19.1 Å². The zero-order chi connectivity index (χ0) is 10.7. The fraction of sp³-hybridized carbons (Fsp3) is 0.600. The first-order valence-corrected chi connectivity index (χ1v) is 4.65. The van der Waals surface area contributed by atoms with Crippen LogP contribution in [0.5, 0.6) is 0 Å². The molecule has 0 saturated heterocycles. The summed E-state index contributed by atoms with van der Waals surface area (Å²) in [5.74, 6) is -1.71. The Bertz CT molecular complexity index is 243. The van der Waals surface area contributed by atoms with Crippen LogP contribution in [0.3, 0.4) is 0 Å². The lowest BCUT2D eigenvalue weighted by Crippen LogP contribution is -2.13. The zero-order valence-electron chi connectivity index (χ0n) is 8.41. The van der Waals surface area contributed by atoms with Gasteiger partial charge in [0.15, 0.2) is 0 Å². The third-order valence-electron chi connectivity index (χ3n) is 2.10. The van der Waals surface area contributed by atoms with E-state index >= 15 is 0 Å². The Labute approximate surface area is 82.9 Å². The Hall–Kier alpha value is -1.32. The smallest absolute Gasteiger partial charge is 0.314 e. The maximum absolute atomic E-state index is 11.2. The molecular weight excluding hydrogens is 184 g/mol. The van der Waals surface area contributed by atoms with Crippen molar-refractivity contribution in [1.29, 1.82) is 0 Å². The molecule has 0 amide bonds. The molecule has 0 aliphatic heterocycles. The summed E-state index contributed by atoms with van der Waals surface area (Å²) in [7, 11) is 0. The molecule has 0 heterocycles. The van der Waals surface area contributed by atoms with Gasteiger partial charge in [-0.3, -0.25) is 9.59 Å². The molecule has 2 atom stereocenters. The molecular formula is C10H14O4. The van der Waals surface area contributed by atoms with Gasteiger partial charge in [-0.2, -0.15) is 0 Å². The second-order valence-corrected chi connectivity index (χ2v) is 3.03. The first-order chi connectivity index (χ1) is 6.63. The quantitative estimate of drug-likeness (QED) is 0.497. The van der Waals surface area contributed by atoms with Crippen LogP contribution in [0.15, 0.2) is 12.2 Å². The molecule has 14 heavy (non-hydrogen) atoms. The molecule has 1 saturated carbocycles. The van der Waals surface area contributed by atoms with Crippen molar-refractivity contribution in [2.75, 3.05) is 13.2 Å². The molecule has 1 rings (SSSR count). The van der Waals surface area contributed by atoms with Crippen molar-refractivity contribution >= 4 is 11.9 Å². The molecule has 0 bridgehead atoms. The largest absolute Gasteiger partial charge is 0.466 e. The zero-order valence-corrected chi connectivity index (χ0v) is 8.41. The highest BCUT2D eigenvalue weighted by Gasteiger charge is 2.54. The SMILES string of the molecule is C=C1C(C(=O)OCC)C1C(=O)OCC. The van der Waals surface area contributed by atoms with E-state index in [0.717, 1.165) is 0 Å². The van der Waals surface area contributed by atoms with Crippen LogP contribution in [-0.4, -0.2) is 25.2 Å². The molecule has 0 radical (unpaired) electrons. The molecule has 1 fully saturated rings. The minimum atomic E-state index is -0.478. The molecule has 78 valence electrons. The van der Waals surface area contributed by atoms with E-state index in [2.05, 4.69) is 6.58 Å². The predicted octanol–water partition coefficient (Wildman–Crippen LogP) is 0.915. The van der Waals surface area contributed by atoms with Crippen LogP contribution in [0.25, 0.3) is 0 Å². The van der Waals surface area contributed by atoms with Crippen LogP contribution in [-0.2, 0) is 19.1 Å². The van der Waals surface area contributed by atoms with E-state index in [1.165, 1.54) is 0 Å². The van der Waals surface area contributed by atoms with E-state index in [1.807, 2.05) is 0 Å². The van der Waals surface area contributed by atoms with Crippen LogP contribution in [0.4, 0.5) is 0 Å². The van der Waals surface area contributed by atoms with Gasteiger partial charge >= 0.3 is 11.9 Å². The van der Waals surface area contributed by atoms with E-state index in [0.29, 0.717) is 18.8 Å². The molecule has 4 nitrogen and oxygen atoms in total. The molecule has 0 aromatic carbocycles. The topological polar surface area (TPSA) is 52.6 Å². The van der Waals surface area contributed by atoms with E-state index < -0.39 is 11.8 Å². The van der Waals surface area contributed by atoms with Crippen LogP contribution < -0.4 is 0 Å². The fourth-order valence-corrected chi connectivity index (χ4v) is 1.35. The standard InChI is InChI=1S/C10H14O4/c1-4-13-9(11)7-6(3)8(7)10(12)14-5-2/h7-8H,3-5H2,1-2H3. The molecule has 4 heteroatoms. The Balaban J connectivity index is 2.49. The van der Waals surface area contributed by atoms with Crippen LogP contribution in [0, 0.1) is 11.8 Å². The van der Waals surface area contributed by atoms with Gasteiger partial charge in [0, 0.05) is 0 Å². The maximum atomic E-state index is 11.2. The first-order valence-electron chi connectivity index (χ1n) is 4.65. The Morgan fingerprint density at radius 2 is 1.50 bits per heavy atom. The minimum absolute atomic E-state index is 0.318. The van der Waals surface area contributed by atoms with Gasteiger partial charge in [0.25, 0.3) is 0 Å². The lowest BCUT2D eigenvalue weighted by Gasteiger charge is -2.00. The van der Waals surface area contributed by atoms with Crippen molar-refractivity contribution in [1.82, 2.24) is 0 Å². The third kappa shape index (κ3) is 1.95. The van der Waals surface area contributed by atoms with Gasteiger partial charge in [-0.05, 0) is 19.4 Å². The Morgan fingerprint density at radius 1 is 1.14 bits per heavy atom. The summed E-state index contributed by atoms with van der Waals surface area (Å²) in [6.45, 7) is 7.72. The summed E-state index contributed by atoms with van der Waals surface area (Å²) in [4.78, 5) is 22.5. The number of esters is 2. The Morgan fingerprint density at radius 3 is 1.79 bits per heavy atom. The number of carbonyl (C=O) groups excluding carboxylic acids is 2. The van der Waals surface area contributed by atoms with Crippen molar-refractivity contribution in [3.05, 3.63) is 12.2 Å². The lowest BCUT2D eigenvalue weighted by atomic mass is 10.3. The molecule has 1 aliphatic rings. The van der Waals surface area contributed by atoms with Crippen molar-refractivity contribution in [3.8, 4) is 0 Å². The van der Waals surface area contributed by atoms with Gasteiger partial charge in [-0.25, -0.2) is 0 Å². The second kappa shape index (κ2) is 4.26. The summed E-state index contributed by atoms with van der Waals surface area (Å²) in [6.07, 6.45) is 0. The summed E-state index contributed by atoms with van der Waals surface area (Å²) in [5.41, 5.74) is 0.599. The van der Waals surface area contributed by atoms with Gasteiger partial charge in [-0.15, -0.1) is 0 Å². The van der Waals surface area contributed by atoms with E-state index in [1.54, 1.807) is 13.8 Å². The van der Waals surface area contributed by atoms with Gasteiger partial charge in [0.05, 0.1) is 25.0 Å². The average molecular weight is 198 g/mol. The molecule has 0 spiro atoms. The molecule has 1 aliphatic carbocycles.